The summed E-state index contributed by atoms with van der Waals surface area (Å²) in [5, 5.41) is 12.4. The fourth-order valence-electron chi connectivity index (χ4n) is 1.19. The number of amides is 2. The first kappa shape index (κ1) is 12.9. The van der Waals surface area contributed by atoms with Gasteiger partial charge in [0.05, 0.1) is 12.3 Å². The quantitative estimate of drug-likeness (QED) is 0.411. The summed E-state index contributed by atoms with van der Waals surface area (Å²) in [6, 6.07) is -0.529. The maximum absolute atomic E-state index is 11.4. The van der Waals surface area contributed by atoms with Crippen LogP contribution in [0.2, 0.25) is 0 Å². The molecule has 0 aromatic heterocycles. The van der Waals surface area contributed by atoms with Crippen molar-refractivity contribution < 1.29 is 18.0 Å². The third-order valence-electron chi connectivity index (χ3n) is 2.01. The average Bonchev–Trinajstić information content (AvgIpc) is 2.16. The van der Waals surface area contributed by atoms with Gasteiger partial charge in [0.15, 0.2) is 0 Å². The molecule has 1 rings (SSSR count). The Hall–Kier alpha value is -1.19. The number of nitrogens with two attached hydrogens (primary N) is 1. The molecule has 1 atom stereocenters. The van der Waals surface area contributed by atoms with Crippen molar-refractivity contribution in [3.8, 4) is 0 Å². The zero-order chi connectivity index (χ0) is 12.2. The molecule has 0 aromatic carbocycles. The van der Waals surface area contributed by atoms with Crippen LogP contribution in [0, 0.1) is 0 Å². The topological polar surface area (TPSA) is 130 Å². The molecular formula is C7H14N4O4S. The summed E-state index contributed by atoms with van der Waals surface area (Å²) < 4.78 is 21.2. The van der Waals surface area contributed by atoms with E-state index in [1.54, 1.807) is 0 Å². The van der Waals surface area contributed by atoms with Gasteiger partial charge >= 0.3 is 0 Å². The van der Waals surface area contributed by atoms with Gasteiger partial charge in [-0.1, -0.05) is 0 Å². The molecule has 1 heterocycles. The van der Waals surface area contributed by atoms with Crippen molar-refractivity contribution in [1.82, 2.24) is 16.0 Å². The SMILES string of the molecule is NS(=O)(=O)CCNC(=O)C1CNC(=O)CN1. The lowest BCUT2D eigenvalue weighted by Gasteiger charge is -2.22. The first-order valence-corrected chi connectivity index (χ1v) is 6.38. The van der Waals surface area contributed by atoms with E-state index < -0.39 is 16.1 Å². The molecule has 0 spiro atoms. The van der Waals surface area contributed by atoms with E-state index in [9.17, 15) is 18.0 Å². The summed E-state index contributed by atoms with van der Waals surface area (Å²) in [6.07, 6.45) is 0. The standard InChI is InChI=1S/C7H14N4O4S/c8-16(14,15)2-1-9-7(13)5-3-11-6(12)4-10-5/h5,10H,1-4H2,(H,9,13)(H,11,12)(H2,8,14,15). The Kier molecular flexibility index (Phi) is 4.21. The molecule has 1 aliphatic heterocycles. The monoisotopic (exact) mass is 250 g/mol. The molecule has 0 bridgehead atoms. The summed E-state index contributed by atoms with van der Waals surface area (Å²) in [7, 11) is -3.56. The van der Waals surface area contributed by atoms with Crippen LogP contribution in [0.4, 0.5) is 0 Å². The molecule has 16 heavy (non-hydrogen) atoms. The number of carbonyl (C=O) groups excluding carboxylic acids is 2. The number of hydrogen-bond acceptors (Lipinski definition) is 5. The van der Waals surface area contributed by atoms with E-state index in [1.807, 2.05) is 0 Å². The Morgan fingerprint density at radius 2 is 2.25 bits per heavy atom. The Labute approximate surface area is 93.0 Å². The van der Waals surface area contributed by atoms with Gasteiger partial charge < -0.3 is 10.6 Å². The van der Waals surface area contributed by atoms with Gasteiger partial charge in [-0.05, 0) is 0 Å². The number of rotatable bonds is 4. The first-order valence-electron chi connectivity index (χ1n) is 4.67. The molecule has 8 nitrogen and oxygen atoms in total. The van der Waals surface area contributed by atoms with E-state index in [-0.39, 0.29) is 37.2 Å². The van der Waals surface area contributed by atoms with Gasteiger partial charge in [0, 0.05) is 13.1 Å². The van der Waals surface area contributed by atoms with Crippen molar-refractivity contribution in [2.24, 2.45) is 5.14 Å². The van der Waals surface area contributed by atoms with Gasteiger partial charge in [-0.15, -0.1) is 0 Å². The van der Waals surface area contributed by atoms with Gasteiger partial charge in [0.2, 0.25) is 21.8 Å². The van der Waals surface area contributed by atoms with Crippen LogP contribution in [0.3, 0.4) is 0 Å². The lowest BCUT2D eigenvalue weighted by molar-refractivity contribution is -0.126. The average molecular weight is 250 g/mol. The minimum atomic E-state index is -3.56. The van der Waals surface area contributed by atoms with Crippen molar-refractivity contribution in [2.45, 2.75) is 6.04 Å². The highest BCUT2D eigenvalue weighted by Crippen LogP contribution is 1.88. The van der Waals surface area contributed by atoms with E-state index in [0.29, 0.717) is 0 Å². The highest BCUT2D eigenvalue weighted by molar-refractivity contribution is 7.89. The van der Waals surface area contributed by atoms with Crippen LogP contribution in [0.1, 0.15) is 0 Å². The predicted molar refractivity (Wildman–Crippen MR) is 55.8 cm³/mol. The number of carbonyl (C=O) groups is 2. The molecule has 2 amide bonds. The second-order valence-electron chi connectivity index (χ2n) is 3.40. The lowest BCUT2D eigenvalue weighted by atomic mass is 10.2. The molecule has 92 valence electrons. The van der Waals surface area contributed by atoms with Crippen LogP contribution in [0.5, 0.6) is 0 Å². The maximum Gasteiger partial charge on any atom is 0.239 e. The third-order valence-corrected chi connectivity index (χ3v) is 2.79. The molecule has 5 N–H and O–H groups in total. The zero-order valence-electron chi connectivity index (χ0n) is 8.52. The van der Waals surface area contributed by atoms with Gasteiger partial charge in [0.25, 0.3) is 0 Å². The fourth-order valence-corrected chi connectivity index (χ4v) is 1.58. The number of nitrogens with one attached hydrogen (secondary N) is 3. The summed E-state index contributed by atoms with van der Waals surface area (Å²) in [4.78, 5) is 22.2. The van der Waals surface area contributed by atoms with Gasteiger partial charge in [-0.2, -0.15) is 0 Å². The fraction of sp³-hybridized carbons (Fsp3) is 0.714. The molecule has 1 fully saturated rings. The Morgan fingerprint density at radius 3 is 2.75 bits per heavy atom. The van der Waals surface area contributed by atoms with Crippen LogP contribution in [-0.2, 0) is 19.6 Å². The van der Waals surface area contributed by atoms with E-state index in [0.717, 1.165) is 0 Å². The van der Waals surface area contributed by atoms with Crippen molar-refractivity contribution in [2.75, 3.05) is 25.4 Å². The van der Waals surface area contributed by atoms with E-state index in [4.69, 9.17) is 5.14 Å². The molecule has 1 aliphatic rings. The first-order chi connectivity index (χ1) is 7.38. The van der Waals surface area contributed by atoms with Crippen LogP contribution in [-0.4, -0.2) is 51.7 Å². The van der Waals surface area contributed by atoms with Crippen molar-refractivity contribution in [3.63, 3.8) is 0 Å². The van der Waals surface area contributed by atoms with E-state index >= 15 is 0 Å². The number of sulfonamides is 1. The van der Waals surface area contributed by atoms with E-state index in [1.165, 1.54) is 0 Å². The van der Waals surface area contributed by atoms with Gasteiger partial charge in [-0.25, -0.2) is 13.6 Å². The minimum absolute atomic E-state index is 0.0379. The Morgan fingerprint density at radius 1 is 1.56 bits per heavy atom. The summed E-state index contributed by atoms with van der Waals surface area (Å²) >= 11 is 0. The Bertz CT molecular complexity index is 370. The van der Waals surface area contributed by atoms with Crippen LogP contribution in [0.15, 0.2) is 0 Å². The summed E-state index contributed by atoms with van der Waals surface area (Å²) in [5.74, 6) is -0.838. The van der Waals surface area contributed by atoms with Gasteiger partial charge in [-0.3, -0.25) is 14.9 Å². The summed E-state index contributed by atoms with van der Waals surface area (Å²) in [5.41, 5.74) is 0. The molecule has 0 aliphatic carbocycles. The highest BCUT2D eigenvalue weighted by atomic mass is 32.2. The molecule has 1 unspecified atom stereocenters. The maximum atomic E-state index is 11.4. The van der Waals surface area contributed by atoms with Gasteiger partial charge in [0.1, 0.15) is 6.04 Å². The smallest absolute Gasteiger partial charge is 0.239 e. The van der Waals surface area contributed by atoms with Crippen molar-refractivity contribution in [3.05, 3.63) is 0 Å². The van der Waals surface area contributed by atoms with Crippen molar-refractivity contribution >= 4 is 21.8 Å². The minimum Gasteiger partial charge on any atom is -0.354 e. The molecule has 0 saturated carbocycles. The second kappa shape index (κ2) is 5.23. The normalized spacial score (nSPS) is 21.3. The number of primary sulfonamides is 1. The second-order valence-corrected chi connectivity index (χ2v) is 5.13. The molecule has 0 radical (unpaired) electrons. The number of hydrogen-bond donors (Lipinski definition) is 4. The molecule has 1 saturated heterocycles. The molecular weight excluding hydrogens is 236 g/mol. The van der Waals surface area contributed by atoms with Crippen LogP contribution >= 0.6 is 0 Å². The van der Waals surface area contributed by atoms with Crippen molar-refractivity contribution in [1.29, 1.82) is 0 Å². The zero-order valence-corrected chi connectivity index (χ0v) is 9.34. The van der Waals surface area contributed by atoms with Crippen LogP contribution < -0.4 is 21.1 Å². The lowest BCUT2D eigenvalue weighted by Crippen LogP contribution is -2.58. The summed E-state index contributed by atoms with van der Waals surface area (Å²) in [6.45, 7) is 0.233. The predicted octanol–water partition coefficient (Wildman–Crippen LogP) is -3.52. The largest absolute Gasteiger partial charge is 0.354 e. The Balaban J connectivity index is 2.28. The van der Waals surface area contributed by atoms with E-state index in [2.05, 4.69) is 16.0 Å². The van der Waals surface area contributed by atoms with Crippen LogP contribution in [0.25, 0.3) is 0 Å². The highest BCUT2D eigenvalue weighted by Gasteiger charge is 2.23. The molecule has 9 heteroatoms. The third kappa shape index (κ3) is 4.55. The number of piperazine rings is 1. The molecule has 0 aromatic rings.